The molecule has 1 aromatic rings. The van der Waals surface area contributed by atoms with E-state index in [1.54, 1.807) is 35.4 Å². The summed E-state index contributed by atoms with van der Waals surface area (Å²) in [4.78, 5) is 13.9. The Balaban J connectivity index is 1.46. The second-order valence-electron chi connectivity index (χ2n) is 15.9. The molecule has 4 aliphatic rings. The highest BCUT2D eigenvalue weighted by Crippen LogP contribution is 2.75. The molecular weight excluding hydrogens is 568 g/mol. The summed E-state index contributed by atoms with van der Waals surface area (Å²) in [6.07, 6.45) is 11.9. The number of ether oxygens (including phenoxy) is 1. The van der Waals surface area contributed by atoms with Gasteiger partial charge in [0.25, 0.3) is 10.1 Å². The van der Waals surface area contributed by atoms with Crippen molar-refractivity contribution in [2.45, 2.75) is 131 Å². The molecule has 0 aliphatic heterocycles. The molecule has 0 amide bonds. The zero-order valence-corrected chi connectivity index (χ0v) is 29.5. The fraction of sp³-hybridized carbons (Fsp3) is 0.711. The van der Waals surface area contributed by atoms with Gasteiger partial charge in [0, 0.05) is 0 Å². The second-order valence-corrected chi connectivity index (χ2v) is 17.5. The largest absolute Gasteiger partial charge is 0.469 e. The molecule has 6 heteroatoms. The zero-order chi connectivity index (χ0) is 32.3. The smallest absolute Gasteiger partial charge is 0.314 e. The minimum absolute atomic E-state index is 0.0186. The molecule has 3 unspecified atom stereocenters. The lowest BCUT2D eigenvalue weighted by Crippen LogP contribution is -2.66. The number of carbonyl (C=O) groups excluding carboxylic acids is 1. The fourth-order valence-corrected chi connectivity index (χ4v) is 12.2. The number of hydrogen-bond acceptors (Lipinski definition) is 5. The van der Waals surface area contributed by atoms with Gasteiger partial charge in [-0.2, -0.15) is 8.42 Å². The second kappa shape index (κ2) is 11.7. The number of allylic oxidation sites excluding steroid dienone is 4. The standard InChI is InChI=1S/C38H56O5S/c1-25(2)11-10-12-27(4)29-19-23-36(6)30(29)17-18-31-35(5)22-21-33(43-44(40,41)28-15-13-26(3)14-16-28)38(8,34(39)42-9)32(35)20-24-37(31,36)7/h11,13-16,30-33H,10,12,17-24H2,1-9H3/b29-27-/t30?,31?,32?,33-,35+,36-,37-,38+/m0/s1. The molecule has 4 fully saturated rings. The van der Waals surface area contributed by atoms with Crippen molar-refractivity contribution in [1.82, 2.24) is 0 Å². The Hall–Kier alpha value is -1.92. The van der Waals surface area contributed by atoms with Gasteiger partial charge in [-0.3, -0.25) is 8.98 Å². The van der Waals surface area contributed by atoms with E-state index in [1.165, 1.54) is 31.9 Å². The van der Waals surface area contributed by atoms with Crippen molar-refractivity contribution in [2.24, 2.45) is 39.4 Å². The molecule has 5 nitrogen and oxygen atoms in total. The van der Waals surface area contributed by atoms with E-state index < -0.39 is 21.6 Å². The van der Waals surface area contributed by atoms with Crippen LogP contribution in [0.4, 0.5) is 0 Å². The van der Waals surface area contributed by atoms with Crippen molar-refractivity contribution in [3.05, 3.63) is 52.6 Å². The summed E-state index contributed by atoms with van der Waals surface area (Å²) in [5, 5.41) is 0. The summed E-state index contributed by atoms with van der Waals surface area (Å²) in [6.45, 7) is 18.1. The van der Waals surface area contributed by atoms with E-state index in [2.05, 4.69) is 47.6 Å². The van der Waals surface area contributed by atoms with Gasteiger partial charge in [-0.15, -0.1) is 0 Å². The predicted molar refractivity (Wildman–Crippen MR) is 176 cm³/mol. The van der Waals surface area contributed by atoms with Gasteiger partial charge in [0.1, 0.15) is 0 Å². The summed E-state index contributed by atoms with van der Waals surface area (Å²) in [5.41, 5.74) is 4.91. The minimum atomic E-state index is -4.05. The van der Waals surface area contributed by atoms with Gasteiger partial charge in [0.05, 0.1) is 23.5 Å². The summed E-state index contributed by atoms with van der Waals surface area (Å²) < 4.78 is 38.5. The van der Waals surface area contributed by atoms with Gasteiger partial charge >= 0.3 is 5.97 Å². The summed E-state index contributed by atoms with van der Waals surface area (Å²) in [7, 11) is -2.62. The van der Waals surface area contributed by atoms with E-state index in [0.29, 0.717) is 18.3 Å². The topological polar surface area (TPSA) is 69.7 Å². The lowest BCUT2D eigenvalue weighted by Gasteiger charge is -2.69. The van der Waals surface area contributed by atoms with E-state index in [1.807, 2.05) is 13.8 Å². The van der Waals surface area contributed by atoms with E-state index in [0.717, 1.165) is 44.1 Å². The van der Waals surface area contributed by atoms with Crippen molar-refractivity contribution >= 4 is 16.1 Å². The Morgan fingerprint density at radius 1 is 0.909 bits per heavy atom. The number of fused-ring (bicyclic) bond motifs is 5. The Labute approximate surface area is 267 Å². The molecule has 4 aliphatic carbocycles. The minimum Gasteiger partial charge on any atom is -0.469 e. The normalized spacial score (nSPS) is 39.5. The van der Waals surface area contributed by atoms with Gasteiger partial charge in [-0.1, -0.05) is 61.3 Å². The van der Waals surface area contributed by atoms with Crippen molar-refractivity contribution in [3.8, 4) is 0 Å². The van der Waals surface area contributed by atoms with Crippen LogP contribution in [0.2, 0.25) is 0 Å². The molecule has 44 heavy (non-hydrogen) atoms. The Bertz CT molecular complexity index is 1440. The monoisotopic (exact) mass is 624 g/mol. The van der Waals surface area contributed by atoms with Crippen LogP contribution in [0.3, 0.4) is 0 Å². The third-order valence-electron chi connectivity index (χ3n) is 13.6. The van der Waals surface area contributed by atoms with Crippen molar-refractivity contribution in [1.29, 1.82) is 0 Å². The van der Waals surface area contributed by atoms with Crippen LogP contribution < -0.4 is 0 Å². The van der Waals surface area contributed by atoms with Gasteiger partial charge in [-0.25, -0.2) is 0 Å². The molecule has 0 heterocycles. The average Bonchev–Trinajstić information content (AvgIpc) is 3.32. The maximum atomic E-state index is 13.8. The summed E-state index contributed by atoms with van der Waals surface area (Å²) >= 11 is 0. The molecular formula is C38H56O5S. The number of carbonyl (C=O) groups is 1. The number of rotatable bonds is 7. The number of methoxy groups -OCH3 is 1. The number of esters is 1. The zero-order valence-electron chi connectivity index (χ0n) is 28.7. The first-order chi connectivity index (χ1) is 20.5. The van der Waals surface area contributed by atoms with Crippen molar-refractivity contribution in [3.63, 3.8) is 0 Å². The molecule has 0 saturated heterocycles. The van der Waals surface area contributed by atoms with Crippen LogP contribution in [0.5, 0.6) is 0 Å². The first-order valence-electron chi connectivity index (χ1n) is 16.9. The SMILES string of the molecule is COC(=O)[C@]1(C)C2CC[C@@]3(C)C(CCC4/C(=C(/C)CCC=C(C)C)CC[C@@]43C)[C@@]2(C)CC[C@@H]1OS(=O)(=O)c1ccc(C)cc1. The summed E-state index contributed by atoms with van der Waals surface area (Å²) in [5.74, 6) is 0.717. The predicted octanol–water partition coefficient (Wildman–Crippen LogP) is 9.35. The third-order valence-corrected chi connectivity index (χ3v) is 14.9. The van der Waals surface area contributed by atoms with Gasteiger partial charge in [0.15, 0.2) is 0 Å². The lowest BCUT2D eigenvalue weighted by molar-refractivity contribution is -0.224. The molecule has 0 N–H and O–H groups in total. The van der Waals surface area contributed by atoms with Gasteiger partial charge < -0.3 is 4.74 Å². The molecule has 0 spiro atoms. The van der Waals surface area contributed by atoms with Crippen molar-refractivity contribution in [2.75, 3.05) is 7.11 Å². The lowest BCUT2D eigenvalue weighted by atomic mass is 9.35. The Morgan fingerprint density at radius 3 is 2.23 bits per heavy atom. The summed E-state index contributed by atoms with van der Waals surface area (Å²) in [6, 6.07) is 6.74. The van der Waals surface area contributed by atoms with E-state index in [4.69, 9.17) is 8.92 Å². The molecule has 0 bridgehead atoms. The quantitative estimate of drug-likeness (QED) is 0.172. The highest BCUT2D eigenvalue weighted by atomic mass is 32.2. The fourth-order valence-electron chi connectivity index (χ4n) is 11.0. The van der Waals surface area contributed by atoms with Crippen molar-refractivity contribution < 1.29 is 22.1 Å². The molecule has 1 aromatic carbocycles. The molecule has 8 atom stereocenters. The Morgan fingerprint density at radius 2 is 1.59 bits per heavy atom. The van der Waals surface area contributed by atoms with Crippen LogP contribution in [0.1, 0.15) is 118 Å². The van der Waals surface area contributed by atoms with E-state index in [-0.39, 0.29) is 33.0 Å². The number of aryl methyl sites for hydroxylation is 1. The van der Waals surface area contributed by atoms with E-state index in [9.17, 15) is 13.2 Å². The maximum Gasteiger partial charge on any atom is 0.314 e. The maximum absolute atomic E-state index is 13.8. The average molecular weight is 625 g/mol. The van der Waals surface area contributed by atoms with E-state index >= 15 is 0 Å². The number of hydrogen-bond donors (Lipinski definition) is 0. The first kappa shape index (κ1) is 33.4. The molecule has 0 aromatic heterocycles. The molecule has 0 radical (unpaired) electrons. The van der Waals surface area contributed by atoms with Gasteiger partial charge in [-0.05, 0) is 145 Å². The number of benzene rings is 1. The first-order valence-corrected chi connectivity index (χ1v) is 18.4. The molecule has 4 saturated carbocycles. The van der Waals surface area contributed by atoms with Crippen LogP contribution in [0, 0.1) is 46.3 Å². The Kier molecular flexibility index (Phi) is 8.90. The van der Waals surface area contributed by atoms with Crippen LogP contribution in [-0.4, -0.2) is 27.6 Å². The van der Waals surface area contributed by atoms with Crippen LogP contribution in [-0.2, 0) is 23.8 Å². The van der Waals surface area contributed by atoms with Crippen LogP contribution in [0.15, 0.2) is 52.0 Å². The third kappa shape index (κ3) is 5.14. The van der Waals surface area contributed by atoms with Crippen LogP contribution in [0.25, 0.3) is 0 Å². The van der Waals surface area contributed by atoms with Crippen LogP contribution >= 0.6 is 0 Å². The molecule has 5 rings (SSSR count). The van der Waals surface area contributed by atoms with Gasteiger partial charge in [0.2, 0.25) is 0 Å². The molecule has 244 valence electrons. The highest BCUT2D eigenvalue weighted by Gasteiger charge is 2.70. The highest BCUT2D eigenvalue weighted by molar-refractivity contribution is 7.86.